The largest absolute Gasteiger partial charge is 0.330 e. The highest BCUT2D eigenvalue weighted by atomic mass is 16.2. The fourth-order valence-electron chi connectivity index (χ4n) is 4.58. The molecule has 0 unspecified atom stereocenters. The molecule has 1 aliphatic rings. The molecule has 0 saturated heterocycles. The Hall–Kier alpha value is -4.25. The van der Waals surface area contributed by atoms with Gasteiger partial charge in [0.25, 0.3) is 5.56 Å². The van der Waals surface area contributed by atoms with E-state index in [1.54, 1.807) is 55.0 Å². The van der Waals surface area contributed by atoms with E-state index in [1.807, 2.05) is 19.9 Å². The van der Waals surface area contributed by atoms with Gasteiger partial charge < -0.3 is 15.5 Å². The fraction of sp³-hybridized carbons (Fsp3) is 0.346. The van der Waals surface area contributed by atoms with Crippen molar-refractivity contribution < 1.29 is 4.79 Å². The molecule has 1 aliphatic heterocycles. The number of urea groups is 1. The summed E-state index contributed by atoms with van der Waals surface area (Å²) in [5, 5.41) is 7.09. The van der Waals surface area contributed by atoms with Gasteiger partial charge in [0.05, 0.1) is 5.69 Å². The molecule has 0 saturated carbocycles. The van der Waals surface area contributed by atoms with Gasteiger partial charge in [-0.25, -0.2) is 24.1 Å². The second kappa shape index (κ2) is 9.66. The first kappa shape index (κ1) is 24.4. The highest BCUT2D eigenvalue weighted by Gasteiger charge is 2.21. The highest BCUT2D eigenvalue weighted by molar-refractivity contribution is 5.90. The maximum Gasteiger partial charge on any atom is 0.324 e. The lowest BCUT2D eigenvalue weighted by molar-refractivity contribution is 0.225. The second-order valence-electron chi connectivity index (χ2n) is 9.63. The van der Waals surface area contributed by atoms with Crippen molar-refractivity contribution in [1.82, 2.24) is 34.5 Å². The molecule has 3 aromatic heterocycles. The average molecular weight is 502 g/mol. The molecule has 1 aromatic carbocycles. The number of amides is 2. The van der Waals surface area contributed by atoms with Crippen LogP contribution in [-0.4, -0.2) is 62.9 Å². The third kappa shape index (κ3) is 4.53. The number of hydrogen-bond donors (Lipinski definition) is 2. The van der Waals surface area contributed by atoms with Crippen LogP contribution in [0.5, 0.6) is 0 Å². The van der Waals surface area contributed by atoms with Gasteiger partial charge in [-0.3, -0.25) is 9.69 Å². The van der Waals surface area contributed by atoms with Crippen molar-refractivity contribution in [2.75, 3.05) is 37.9 Å². The number of hydrogen-bond acceptors (Lipinski definition) is 7. The molecular formula is C26H31N9O2. The summed E-state index contributed by atoms with van der Waals surface area (Å²) in [5.41, 5.74) is 4.43. The van der Waals surface area contributed by atoms with E-state index >= 15 is 0 Å². The van der Waals surface area contributed by atoms with Gasteiger partial charge in [0.1, 0.15) is 11.2 Å². The molecule has 2 amide bonds. The zero-order valence-corrected chi connectivity index (χ0v) is 21.7. The highest BCUT2D eigenvalue weighted by Crippen LogP contribution is 2.24. The molecule has 11 heteroatoms. The summed E-state index contributed by atoms with van der Waals surface area (Å²) in [6.45, 7) is 5.71. The fourth-order valence-corrected chi connectivity index (χ4v) is 4.58. The Balaban J connectivity index is 1.60. The van der Waals surface area contributed by atoms with E-state index in [1.165, 1.54) is 20.9 Å². The van der Waals surface area contributed by atoms with Crippen molar-refractivity contribution in [1.29, 1.82) is 0 Å². The minimum absolute atomic E-state index is 0.148. The molecule has 0 spiro atoms. The number of nitrogens with one attached hydrogen (secondary N) is 2. The molecule has 0 atom stereocenters. The van der Waals surface area contributed by atoms with Gasteiger partial charge in [-0.05, 0) is 56.1 Å². The number of anilines is 3. The molecule has 4 aromatic rings. The monoisotopic (exact) mass is 501 g/mol. The van der Waals surface area contributed by atoms with E-state index in [2.05, 4.69) is 32.7 Å². The lowest BCUT2D eigenvalue weighted by Crippen LogP contribution is -2.36. The van der Waals surface area contributed by atoms with Crippen LogP contribution in [0.1, 0.15) is 31.0 Å². The number of pyridine rings is 1. The second-order valence-corrected chi connectivity index (χ2v) is 9.63. The first-order chi connectivity index (χ1) is 17.7. The van der Waals surface area contributed by atoms with Crippen LogP contribution in [0.4, 0.5) is 22.2 Å². The zero-order chi connectivity index (χ0) is 26.3. The Morgan fingerprint density at radius 2 is 1.92 bits per heavy atom. The van der Waals surface area contributed by atoms with E-state index in [9.17, 15) is 9.59 Å². The number of carbonyl (C=O) groups excluding carboxylic acids is 1. The molecule has 0 aliphatic carbocycles. The van der Waals surface area contributed by atoms with Gasteiger partial charge in [0, 0.05) is 57.9 Å². The van der Waals surface area contributed by atoms with Crippen LogP contribution in [-0.2, 0) is 13.0 Å². The number of fused-ring (bicyclic) bond motifs is 2. The van der Waals surface area contributed by atoms with E-state index < -0.39 is 0 Å². The normalized spacial score (nSPS) is 13.0. The summed E-state index contributed by atoms with van der Waals surface area (Å²) in [7, 11) is 5.03. The Kier molecular flexibility index (Phi) is 6.38. The molecule has 0 radical (unpaired) electrons. The van der Waals surface area contributed by atoms with Crippen LogP contribution in [0.25, 0.3) is 16.7 Å². The molecule has 4 heterocycles. The minimum Gasteiger partial charge on any atom is -0.330 e. The van der Waals surface area contributed by atoms with Crippen molar-refractivity contribution in [2.24, 2.45) is 0 Å². The summed E-state index contributed by atoms with van der Waals surface area (Å²) in [4.78, 5) is 42.4. The number of rotatable bonds is 5. The van der Waals surface area contributed by atoms with Crippen LogP contribution < -0.4 is 21.1 Å². The van der Waals surface area contributed by atoms with E-state index in [-0.39, 0.29) is 17.6 Å². The summed E-state index contributed by atoms with van der Waals surface area (Å²) in [6.07, 6.45) is 4.15. The van der Waals surface area contributed by atoms with Gasteiger partial charge in [0.15, 0.2) is 5.65 Å². The Morgan fingerprint density at radius 1 is 1.11 bits per heavy atom. The topological polar surface area (TPSA) is 113 Å². The molecule has 2 N–H and O–H groups in total. The third-order valence-corrected chi connectivity index (χ3v) is 6.45. The van der Waals surface area contributed by atoms with Crippen LogP contribution in [0, 0.1) is 0 Å². The van der Waals surface area contributed by atoms with Gasteiger partial charge in [-0.2, -0.15) is 4.98 Å². The zero-order valence-electron chi connectivity index (χ0n) is 21.7. The first-order valence-electron chi connectivity index (χ1n) is 12.3. The van der Waals surface area contributed by atoms with Gasteiger partial charge in [-0.1, -0.05) is 6.07 Å². The predicted octanol–water partition coefficient (Wildman–Crippen LogP) is 3.07. The lowest BCUT2D eigenvalue weighted by atomic mass is 10.0. The number of carbonyl (C=O) groups is 1. The molecular weight excluding hydrogens is 470 g/mol. The number of nitrogens with zero attached hydrogens (tertiary/aromatic N) is 7. The van der Waals surface area contributed by atoms with Crippen molar-refractivity contribution in [2.45, 2.75) is 32.9 Å². The Morgan fingerprint density at radius 3 is 2.68 bits per heavy atom. The predicted molar refractivity (Wildman–Crippen MR) is 144 cm³/mol. The van der Waals surface area contributed by atoms with Crippen molar-refractivity contribution >= 4 is 34.5 Å². The Bertz CT molecular complexity index is 1540. The van der Waals surface area contributed by atoms with Crippen LogP contribution in [0.2, 0.25) is 0 Å². The van der Waals surface area contributed by atoms with Crippen molar-refractivity contribution in [3.05, 3.63) is 64.2 Å². The van der Waals surface area contributed by atoms with Gasteiger partial charge >= 0.3 is 6.03 Å². The third-order valence-electron chi connectivity index (χ3n) is 6.45. The molecule has 37 heavy (non-hydrogen) atoms. The minimum atomic E-state index is -0.210. The van der Waals surface area contributed by atoms with Crippen molar-refractivity contribution in [3.63, 3.8) is 0 Å². The Labute approximate surface area is 214 Å². The van der Waals surface area contributed by atoms with E-state index in [0.717, 1.165) is 25.2 Å². The van der Waals surface area contributed by atoms with Gasteiger partial charge in [-0.15, -0.1) is 0 Å². The average Bonchev–Trinajstić information content (AvgIpc) is 3.19. The van der Waals surface area contributed by atoms with Crippen LogP contribution in [0.3, 0.4) is 0 Å². The molecule has 0 fully saturated rings. The summed E-state index contributed by atoms with van der Waals surface area (Å²) >= 11 is 0. The van der Waals surface area contributed by atoms with Crippen LogP contribution >= 0.6 is 0 Å². The SMILES string of the molecule is CC(C)n1c(=O)c2cnc(Nc3ccc4c(c3)CCNC4)nc2n1-c1ccnc(N(C)C(=O)N(C)C)c1. The number of aromatic nitrogens is 5. The van der Waals surface area contributed by atoms with E-state index in [0.29, 0.717) is 28.5 Å². The quantitative estimate of drug-likeness (QED) is 0.432. The summed E-state index contributed by atoms with van der Waals surface area (Å²) < 4.78 is 3.41. The molecule has 11 nitrogen and oxygen atoms in total. The van der Waals surface area contributed by atoms with E-state index in [4.69, 9.17) is 4.98 Å². The molecule has 192 valence electrons. The molecule has 0 bridgehead atoms. The van der Waals surface area contributed by atoms with Crippen LogP contribution in [0.15, 0.2) is 47.5 Å². The summed E-state index contributed by atoms with van der Waals surface area (Å²) in [6, 6.07) is 9.45. The maximum atomic E-state index is 13.4. The summed E-state index contributed by atoms with van der Waals surface area (Å²) in [5.74, 6) is 0.849. The standard InChI is InChI=1S/C26H31N9O2/c1-16(2)34-24(36)21-15-29-25(30-19-7-6-18-14-27-10-8-17(18)12-19)31-23(21)35(34)20-9-11-28-22(13-20)33(5)26(37)32(3)4/h6-7,9,11-13,15-16,27H,8,10,14H2,1-5H3,(H,29,30,31). The number of benzene rings is 1. The molecule has 5 rings (SSSR count). The van der Waals surface area contributed by atoms with Gasteiger partial charge in [0.2, 0.25) is 5.95 Å². The lowest BCUT2D eigenvalue weighted by Gasteiger charge is -2.22. The smallest absolute Gasteiger partial charge is 0.324 e. The maximum absolute atomic E-state index is 13.4. The van der Waals surface area contributed by atoms with Crippen molar-refractivity contribution in [3.8, 4) is 5.69 Å². The first-order valence-corrected chi connectivity index (χ1v) is 12.3.